The van der Waals surface area contributed by atoms with Gasteiger partial charge in [0.1, 0.15) is 0 Å². The molecule has 0 spiro atoms. The third kappa shape index (κ3) is 2.63. The number of benzene rings is 1. The van der Waals surface area contributed by atoms with E-state index in [0.717, 1.165) is 12.1 Å². The largest absolute Gasteiger partial charge is 0.139 e. The van der Waals surface area contributed by atoms with Gasteiger partial charge in [-0.3, -0.25) is 0 Å². The number of aromatic nitrogens is 3. The van der Waals surface area contributed by atoms with Gasteiger partial charge >= 0.3 is 0 Å². The molecule has 3 nitrogen and oxygen atoms in total. The first kappa shape index (κ1) is 10.7. The van der Waals surface area contributed by atoms with E-state index in [1.165, 1.54) is 11.1 Å². The lowest BCUT2D eigenvalue weighted by Crippen LogP contribution is -2.03. The third-order valence-corrected chi connectivity index (χ3v) is 2.65. The van der Waals surface area contributed by atoms with Crippen LogP contribution in [-0.2, 0) is 6.42 Å². The van der Waals surface area contributed by atoms with E-state index in [4.69, 9.17) is 0 Å². The average molecular weight is 213 g/mol. The molecule has 0 bridgehead atoms. The van der Waals surface area contributed by atoms with Crippen LogP contribution in [0.2, 0.25) is 0 Å². The summed E-state index contributed by atoms with van der Waals surface area (Å²) in [5, 5.41) is 11.4. The summed E-state index contributed by atoms with van der Waals surface area (Å²) in [6.07, 6.45) is 2.68. The fourth-order valence-electron chi connectivity index (χ4n) is 1.81. The second kappa shape index (κ2) is 4.84. The highest BCUT2D eigenvalue weighted by atomic mass is 15.3. The number of hydrogen-bond acceptors (Lipinski definition) is 3. The van der Waals surface area contributed by atoms with Gasteiger partial charge in [0.15, 0.2) is 0 Å². The van der Waals surface area contributed by atoms with Gasteiger partial charge in [0, 0.05) is 5.92 Å². The first-order chi connectivity index (χ1) is 7.75. The Kier molecular flexibility index (Phi) is 3.25. The van der Waals surface area contributed by atoms with Crippen molar-refractivity contribution in [3.8, 4) is 0 Å². The van der Waals surface area contributed by atoms with E-state index < -0.39 is 0 Å². The number of aryl methyl sites for hydroxylation is 1. The van der Waals surface area contributed by atoms with Crippen molar-refractivity contribution >= 4 is 0 Å². The van der Waals surface area contributed by atoms with E-state index in [1.807, 2.05) is 6.07 Å². The predicted molar refractivity (Wildman–Crippen MR) is 63.1 cm³/mol. The molecule has 0 saturated carbocycles. The number of hydrogen-bond donors (Lipinski definition) is 0. The molecule has 1 heterocycles. The van der Waals surface area contributed by atoms with E-state index in [-0.39, 0.29) is 0 Å². The molecule has 3 heteroatoms. The molecule has 0 aliphatic carbocycles. The SMILES string of the molecule is Cc1cccc(CC(C)c2ccnnn2)c1. The minimum absolute atomic E-state index is 0.372. The van der Waals surface area contributed by atoms with Gasteiger partial charge in [-0.25, -0.2) is 0 Å². The summed E-state index contributed by atoms with van der Waals surface area (Å²) in [5.74, 6) is 0.372. The summed E-state index contributed by atoms with van der Waals surface area (Å²) in [6, 6.07) is 10.5. The molecule has 1 unspecified atom stereocenters. The highest BCUT2D eigenvalue weighted by Gasteiger charge is 2.08. The fourth-order valence-corrected chi connectivity index (χ4v) is 1.81. The molecule has 1 aromatic heterocycles. The van der Waals surface area contributed by atoms with Gasteiger partial charge in [0.25, 0.3) is 0 Å². The van der Waals surface area contributed by atoms with Gasteiger partial charge in [-0.15, -0.1) is 10.2 Å². The number of nitrogens with zero attached hydrogens (tertiary/aromatic N) is 3. The van der Waals surface area contributed by atoms with Crippen LogP contribution in [0.3, 0.4) is 0 Å². The van der Waals surface area contributed by atoms with Crippen LogP contribution < -0.4 is 0 Å². The zero-order chi connectivity index (χ0) is 11.4. The van der Waals surface area contributed by atoms with Crippen molar-refractivity contribution in [1.29, 1.82) is 0 Å². The summed E-state index contributed by atoms with van der Waals surface area (Å²) in [5.41, 5.74) is 3.63. The van der Waals surface area contributed by atoms with Crippen LogP contribution >= 0.6 is 0 Å². The summed E-state index contributed by atoms with van der Waals surface area (Å²) >= 11 is 0. The quantitative estimate of drug-likeness (QED) is 0.786. The minimum Gasteiger partial charge on any atom is -0.139 e. The summed E-state index contributed by atoms with van der Waals surface area (Å²) in [6.45, 7) is 4.27. The Bertz CT molecular complexity index is 454. The van der Waals surface area contributed by atoms with Gasteiger partial charge in [0.2, 0.25) is 0 Å². The molecule has 1 aromatic carbocycles. The smallest absolute Gasteiger partial charge is 0.0696 e. The molecule has 0 amide bonds. The Morgan fingerprint density at radius 3 is 2.81 bits per heavy atom. The molecule has 0 aliphatic rings. The van der Waals surface area contributed by atoms with Gasteiger partial charge in [-0.05, 0) is 30.2 Å². The van der Waals surface area contributed by atoms with Crippen LogP contribution in [0.5, 0.6) is 0 Å². The molecule has 16 heavy (non-hydrogen) atoms. The lowest BCUT2D eigenvalue weighted by Gasteiger charge is -2.10. The first-order valence-electron chi connectivity index (χ1n) is 5.45. The Morgan fingerprint density at radius 1 is 1.25 bits per heavy atom. The lowest BCUT2D eigenvalue weighted by molar-refractivity contribution is 0.687. The zero-order valence-electron chi connectivity index (χ0n) is 9.59. The molecule has 0 saturated heterocycles. The van der Waals surface area contributed by atoms with E-state index in [2.05, 4.69) is 53.5 Å². The minimum atomic E-state index is 0.372. The van der Waals surface area contributed by atoms with Crippen molar-refractivity contribution in [2.45, 2.75) is 26.2 Å². The maximum Gasteiger partial charge on any atom is 0.0696 e. The Morgan fingerprint density at radius 2 is 2.12 bits per heavy atom. The maximum atomic E-state index is 4.04. The molecule has 0 fully saturated rings. The van der Waals surface area contributed by atoms with Crippen molar-refractivity contribution in [3.63, 3.8) is 0 Å². The van der Waals surface area contributed by atoms with E-state index >= 15 is 0 Å². The van der Waals surface area contributed by atoms with Gasteiger partial charge < -0.3 is 0 Å². The van der Waals surface area contributed by atoms with Crippen LogP contribution in [0.25, 0.3) is 0 Å². The average Bonchev–Trinajstić information content (AvgIpc) is 2.30. The second-order valence-electron chi connectivity index (χ2n) is 4.14. The van der Waals surface area contributed by atoms with Gasteiger partial charge in [0.05, 0.1) is 11.9 Å². The topological polar surface area (TPSA) is 38.7 Å². The molecular weight excluding hydrogens is 198 g/mol. The van der Waals surface area contributed by atoms with Gasteiger partial charge in [-0.2, -0.15) is 0 Å². The fraction of sp³-hybridized carbons (Fsp3) is 0.308. The zero-order valence-corrected chi connectivity index (χ0v) is 9.59. The molecule has 0 aliphatic heterocycles. The molecular formula is C13H15N3. The highest BCUT2D eigenvalue weighted by molar-refractivity contribution is 5.24. The van der Waals surface area contributed by atoms with Crippen molar-refractivity contribution in [2.75, 3.05) is 0 Å². The Hall–Kier alpha value is -1.77. The van der Waals surface area contributed by atoms with E-state index in [9.17, 15) is 0 Å². The lowest BCUT2D eigenvalue weighted by atomic mass is 9.97. The van der Waals surface area contributed by atoms with Gasteiger partial charge in [-0.1, -0.05) is 36.8 Å². The predicted octanol–water partition coefficient (Wildman–Crippen LogP) is 2.53. The standard InChI is InChI=1S/C13H15N3/c1-10-4-3-5-12(8-10)9-11(2)13-6-7-14-16-15-13/h3-8,11H,9H2,1-2H3. The first-order valence-corrected chi connectivity index (χ1v) is 5.45. The molecule has 82 valence electrons. The molecule has 0 N–H and O–H groups in total. The molecule has 1 atom stereocenters. The maximum absolute atomic E-state index is 4.04. The molecule has 2 rings (SSSR count). The van der Waals surface area contributed by atoms with Crippen LogP contribution in [0.4, 0.5) is 0 Å². The monoisotopic (exact) mass is 213 g/mol. The van der Waals surface area contributed by atoms with Crippen LogP contribution in [0.1, 0.15) is 29.7 Å². The summed E-state index contributed by atoms with van der Waals surface area (Å²) < 4.78 is 0. The number of rotatable bonds is 3. The van der Waals surface area contributed by atoms with Crippen molar-refractivity contribution in [3.05, 3.63) is 53.3 Å². The van der Waals surface area contributed by atoms with E-state index in [1.54, 1.807) is 6.20 Å². The summed E-state index contributed by atoms with van der Waals surface area (Å²) in [4.78, 5) is 0. The Labute approximate surface area is 95.5 Å². The van der Waals surface area contributed by atoms with Crippen molar-refractivity contribution in [1.82, 2.24) is 15.4 Å². The molecule has 2 aromatic rings. The third-order valence-electron chi connectivity index (χ3n) is 2.65. The van der Waals surface area contributed by atoms with Crippen LogP contribution in [0, 0.1) is 6.92 Å². The van der Waals surface area contributed by atoms with Crippen LogP contribution in [-0.4, -0.2) is 15.4 Å². The van der Waals surface area contributed by atoms with Crippen molar-refractivity contribution < 1.29 is 0 Å². The Balaban J connectivity index is 2.11. The molecule has 0 radical (unpaired) electrons. The van der Waals surface area contributed by atoms with Crippen LogP contribution in [0.15, 0.2) is 36.5 Å². The second-order valence-corrected chi connectivity index (χ2v) is 4.14. The van der Waals surface area contributed by atoms with Crippen molar-refractivity contribution in [2.24, 2.45) is 0 Å². The highest BCUT2D eigenvalue weighted by Crippen LogP contribution is 2.17. The summed E-state index contributed by atoms with van der Waals surface area (Å²) in [7, 11) is 0. The normalized spacial score (nSPS) is 12.4. The van der Waals surface area contributed by atoms with E-state index in [0.29, 0.717) is 5.92 Å².